The monoisotopic (exact) mass is 251 g/mol. The van der Waals surface area contributed by atoms with Gasteiger partial charge < -0.3 is 5.73 Å². The Bertz CT molecular complexity index is 445. The molecule has 2 aromatic heterocycles. The van der Waals surface area contributed by atoms with Crippen molar-refractivity contribution in [2.24, 2.45) is 0 Å². The van der Waals surface area contributed by atoms with Crippen LogP contribution in [0.4, 0.5) is 5.82 Å². The van der Waals surface area contributed by atoms with Gasteiger partial charge in [-0.15, -0.1) is 0 Å². The van der Waals surface area contributed by atoms with Gasteiger partial charge in [-0.25, -0.2) is 19.9 Å². The van der Waals surface area contributed by atoms with Crippen molar-refractivity contribution in [1.82, 2.24) is 19.9 Å². The van der Waals surface area contributed by atoms with Crippen LogP contribution in [0.25, 0.3) is 11.3 Å². The largest absolute Gasteiger partial charge is 0.382 e. The van der Waals surface area contributed by atoms with Gasteiger partial charge >= 0.3 is 0 Å². The normalized spacial score (nSPS) is 10.1. The van der Waals surface area contributed by atoms with Crippen LogP contribution in [-0.4, -0.2) is 19.9 Å². The number of hydrogen-bond donors (Lipinski definition) is 1. The van der Waals surface area contributed by atoms with Crippen LogP contribution in [0.1, 0.15) is 0 Å². The first-order valence-electron chi connectivity index (χ1n) is 3.81. The van der Waals surface area contributed by atoms with Gasteiger partial charge in [0, 0.05) is 18.0 Å². The summed E-state index contributed by atoms with van der Waals surface area (Å²) in [4.78, 5) is 15.9. The van der Waals surface area contributed by atoms with Crippen LogP contribution in [0, 0.1) is 0 Å². The van der Waals surface area contributed by atoms with E-state index in [0.29, 0.717) is 16.1 Å². The summed E-state index contributed by atoms with van der Waals surface area (Å²) in [5, 5.41) is 0. The van der Waals surface area contributed by atoms with Gasteiger partial charge in [0.15, 0.2) is 0 Å². The second-order valence-corrected chi connectivity index (χ2v) is 3.37. The molecule has 0 aliphatic carbocycles. The van der Waals surface area contributed by atoms with Crippen molar-refractivity contribution in [1.29, 1.82) is 0 Å². The van der Waals surface area contributed by atoms with Crippen LogP contribution in [0.15, 0.2) is 29.5 Å². The quantitative estimate of drug-likeness (QED) is 0.827. The first-order valence-corrected chi connectivity index (χ1v) is 4.60. The lowest BCUT2D eigenvalue weighted by molar-refractivity contribution is 1.13. The van der Waals surface area contributed by atoms with Crippen LogP contribution < -0.4 is 5.73 Å². The van der Waals surface area contributed by atoms with Gasteiger partial charge in [0.05, 0.1) is 6.20 Å². The van der Waals surface area contributed by atoms with Gasteiger partial charge in [-0.05, 0) is 15.9 Å². The number of nitrogen functional groups attached to an aromatic ring is 1. The minimum absolute atomic E-state index is 0.364. The number of halogens is 1. The summed E-state index contributed by atoms with van der Waals surface area (Å²) < 4.78 is 0.630. The van der Waals surface area contributed by atoms with E-state index in [9.17, 15) is 0 Å². The molecular formula is C8H6BrN5. The molecule has 0 aliphatic heterocycles. The Morgan fingerprint density at radius 3 is 2.57 bits per heavy atom. The van der Waals surface area contributed by atoms with Crippen molar-refractivity contribution >= 4 is 21.7 Å². The molecule has 0 aromatic carbocycles. The lowest BCUT2D eigenvalue weighted by Crippen LogP contribution is -1.97. The smallest absolute Gasteiger partial charge is 0.150 e. The van der Waals surface area contributed by atoms with Gasteiger partial charge in [0.2, 0.25) is 0 Å². The first kappa shape index (κ1) is 9.01. The Labute approximate surface area is 88.6 Å². The molecule has 0 saturated heterocycles. The molecule has 2 N–H and O–H groups in total. The van der Waals surface area contributed by atoms with Crippen LogP contribution in [0.5, 0.6) is 0 Å². The summed E-state index contributed by atoms with van der Waals surface area (Å²) in [6.45, 7) is 0. The molecule has 14 heavy (non-hydrogen) atoms. The molecule has 0 fully saturated rings. The predicted octanol–water partition coefficient (Wildman–Crippen LogP) is 1.28. The Balaban J connectivity index is 2.57. The first-order chi connectivity index (χ1) is 6.77. The molecule has 0 bridgehead atoms. The average Bonchev–Trinajstić information content (AvgIpc) is 2.23. The van der Waals surface area contributed by atoms with E-state index in [2.05, 4.69) is 35.9 Å². The van der Waals surface area contributed by atoms with Crippen molar-refractivity contribution in [3.8, 4) is 11.3 Å². The van der Waals surface area contributed by atoms with Crippen LogP contribution in [0.3, 0.4) is 0 Å². The molecule has 0 spiro atoms. The Hall–Kier alpha value is -1.56. The molecule has 0 amide bonds. The molecule has 70 valence electrons. The molecule has 0 radical (unpaired) electrons. The Morgan fingerprint density at radius 2 is 1.86 bits per heavy atom. The molecule has 2 rings (SSSR count). The highest BCUT2D eigenvalue weighted by atomic mass is 79.9. The number of anilines is 1. The average molecular weight is 252 g/mol. The van der Waals surface area contributed by atoms with E-state index in [1.807, 2.05) is 0 Å². The number of rotatable bonds is 1. The molecule has 0 atom stereocenters. The van der Waals surface area contributed by atoms with Gasteiger partial charge in [0.1, 0.15) is 22.4 Å². The Morgan fingerprint density at radius 1 is 1.14 bits per heavy atom. The second kappa shape index (κ2) is 3.67. The zero-order chi connectivity index (χ0) is 9.97. The van der Waals surface area contributed by atoms with Crippen molar-refractivity contribution in [2.45, 2.75) is 0 Å². The third-order valence-corrected chi connectivity index (χ3v) is 1.99. The highest BCUT2D eigenvalue weighted by Gasteiger charge is 2.06. The predicted molar refractivity (Wildman–Crippen MR) is 55.2 cm³/mol. The maximum absolute atomic E-state index is 5.67. The van der Waals surface area contributed by atoms with Gasteiger partial charge in [-0.2, -0.15) is 0 Å². The molecule has 2 heterocycles. The molecule has 0 aliphatic rings. The molecule has 0 saturated carbocycles. The van der Waals surface area contributed by atoms with E-state index >= 15 is 0 Å². The molecular weight excluding hydrogens is 246 g/mol. The zero-order valence-electron chi connectivity index (χ0n) is 7.05. The minimum Gasteiger partial charge on any atom is -0.382 e. The fraction of sp³-hybridized carbons (Fsp3) is 0. The summed E-state index contributed by atoms with van der Waals surface area (Å²) in [5.41, 5.74) is 7.00. The minimum atomic E-state index is 0.364. The van der Waals surface area contributed by atoms with Gasteiger partial charge in [-0.1, -0.05) is 0 Å². The standard InChI is InChI=1S/C8H6BrN5/c9-6-3-13-8(10)7(14-6)5-1-11-4-12-2-5/h1-4H,(H2,10,13). The lowest BCUT2D eigenvalue weighted by atomic mass is 10.2. The highest BCUT2D eigenvalue weighted by Crippen LogP contribution is 2.21. The van der Waals surface area contributed by atoms with Gasteiger partial charge in [0.25, 0.3) is 0 Å². The van der Waals surface area contributed by atoms with E-state index in [1.165, 1.54) is 6.33 Å². The maximum Gasteiger partial charge on any atom is 0.150 e. The molecule has 0 unspecified atom stereocenters. The number of aromatic nitrogens is 4. The van der Waals surface area contributed by atoms with Crippen molar-refractivity contribution in [3.63, 3.8) is 0 Å². The molecule has 6 heteroatoms. The summed E-state index contributed by atoms with van der Waals surface area (Å²) >= 11 is 3.22. The second-order valence-electron chi connectivity index (χ2n) is 2.55. The van der Waals surface area contributed by atoms with Crippen molar-refractivity contribution < 1.29 is 0 Å². The SMILES string of the molecule is Nc1ncc(Br)nc1-c1cncnc1. The van der Waals surface area contributed by atoms with E-state index in [1.54, 1.807) is 18.6 Å². The fourth-order valence-electron chi connectivity index (χ4n) is 1.01. The van der Waals surface area contributed by atoms with Crippen molar-refractivity contribution in [3.05, 3.63) is 29.5 Å². The topological polar surface area (TPSA) is 77.6 Å². The van der Waals surface area contributed by atoms with E-state index in [4.69, 9.17) is 5.73 Å². The van der Waals surface area contributed by atoms with E-state index in [0.717, 1.165) is 5.56 Å². The van der Waals surface area contributed by atoms with Gasteiger partial charge in [-0.3, -0.25) is 0 Å². The summed E-state index contributed by atoms with van der Waals surface area (Å²) in [6, 6.07) is 0. The highest BCUT2D eigenvalue weighted by molar-refractivity contribution is 9.10. The van der Waals surface area contributed by atoms with Crippen LogP contribution >= 0.6 is 15.9 Å². The van der Waals surface area contributed by atoms with Crippen LogP contribution in [0.2, 0.25) is 0 Å². The number of nitrogens with zero attached hydrogens (tertiary/aromatic N) is 4. The number of nitrogens with two attached hydrogens (primary N) is 1. The lowest BCUT2D eigenvalue weighted by Gasteiger charge is -2.02. The zero-order valence-corrected chi connectivity index (χ0v) is 8.64. The fourth-order valence-corrected chi connectivity index (χ4v) is 1.29. The maximum atomic E-state index is 5.67. The third kappa shape index (κ3) is 1.69. The molecule has 5 nitrogen and oxygen atoms in total. The van der Waals surface area contributed by atoms with Crippen LogP contribution in [-0.2, 0) is 0 Å². The van der Waals surface area contributed by atoms with E-state index < -0.39 is 0 Å². The Kier molecular flexibility index (Phi) is 2.36. The number of hydrogen-bond acceptors (Lipinski definition) is 5. The third-order valence-electron chi connectivity index (χ3n) is 1.61. The summed E-state index contributed by atoms with van der Waals surface area (Å²) in [6.07, 6.45) is 6.27. The summed E-state index contributed by atoms with van der Waals surface area (Å²) in [7, 11) is 0. The molecule has 2 aromatic rings. The van der Waals surface area contributed by atoms with Crippen molar-refractivity contribution in [2.75, 3.05) is 5.73 Å². The van der Waals surface area contributed by atoms with E-state index in [-0.39, 0.29) is 0 Å². The summed E-state index contributed by atoms with van der Waals surface area (Å²) in [5.74, 6) is 0.364.